The second kappa shape index (κ2) is 10.8. The number of likely N-dealkylation sites (tertiary alicyclic amines) is 1. The lowest BCUT2D eigenvalue weighted by molar-refractivity contribution is -0.127. The summed E-state index contributed by atoms with van der Waals surface area (Å²) in [6, 6.07) is 11.8. The molecule has 182 valence electrons. The first-order valence-electron chi connectivity index (χ1n) is 11.5. The Kier molecular flexibility index (Phi) is 7.83. The molecule has 34 heavy (non-hydrogen) atoms. The Morgan fingerprint density at radius 2 is 1.94 bits per heavy atom. The maximum absolute atomic E-state index is 13.2. The summed E-state index contributed by atoms with van der Waals surface area (Å²) in [7, 11) is 3.16. The molecular weight excluding hydrogens is 452 g/mol. The molecule has 1 aromatic heterocycles. The maximum Gasteiger partial charge on any atom is 0.263 e. The average Bonchev–Trinajstić information content (AvgIpc) is 3.41. The van der Waals surface area contributed by atoms with Crippen LogP contribution >= 0.6 is 11.3 Å². The van der Waals surface area contributed by atoms with Gasteiger partial charge in [0, 0.05) is 37.6 Å². The highest BCUT2D eigenvalue weighted by Gasteiger charge is 2.54. The summed E-state index contributed by atoms with van der Waals surface area (Å²) in [6.45, 7) is 5.95. The lowest BCUT2D eigenvalue weighted by Crippen LogP contribution is -2.52. The molecule has 4 rings (SSSR count). The molecule has 0 radical (unpaired) electrons. The van der Waals surface area contributed by atoms with Crippen LogP contribution in [0.5, 0.6) is 0 Å². The van der Waals surface area contributed by atoms with Crippen molar-refractivity contribution in [2.24, 2.45) is 0 Å². The lowest BCUT2D eigenvalue weighted by atomic mass is 9.71. The molecule has 0 saturated carbocycles. The summed E-state index contributed by atoms with van der Waals surface area (Å²) in [5.74, 6) is -0.120. The van der Waals surface area contributed by atoms with E-state index < -0.39 is 0 Å². The van der Waals surface area contributed by atoms with Crippen molar-refractivity contribution >= 4 is 23.2 Å². The summed E-state index contributed by atoms with van der Waals surface area (Å²) in [4.78, 5) is 29.4. The van der Waals surface area contributed by atoms with Crippen molar-refractivity contribution in [3.63, 3.8) is 0 Å². The summed E-state index contributed by atoms with van der Waals surface area (Å²) < 4.78 is 16.6. The number of carbonyl (C=O) groups is 2. The van der Waals surface area contributed by atoms with Crippen LogP contribution in [0, 0.1) is 0 Å². The van der Waals surface area contributed by atoms with E-state index in [1.807, 2.05) is 29.2 Å². The van der Waals surface area contributed by atoms with Crippen LogP contribution in [-0.4, -0.2) is 63.3 Å². The molecule has 2 aliphatic rings. The standard InChI is InChI=1S/C26H32N2O5S/c1-4-15-33-24-23(27-22(29)17-32-3)19-7-5-6-8-20(19)26(24)11-13-28(14-12-26)25(30)21-10-9-18(34-21)16-31-2/h4-10,23-24H,1,11-17H2,2-3H3,(H,27,29)/t23-,24+/m1/s1. The number of ether oxygens (including phenoxy) is 3. The van der Waals surface area contributed by atoms with Crippen LogP contribution in [0.25, 0.3) is 0 Å². The van der Waals surface area contributed by atoms with E-state index in [0.29, 0.717) is 26.3 Å². The molecule has 2 atom stereocenters. The van der Waals surface area contributed by atoms with E-state index in [1.54, 1.807) is 13.2 Å². The topological polar surface area (TPSA) is 77.1 Å². The van der Waals surface area contributed by atoms with Gasteiger partial charge in [0.1, 0.15) is 6.61 Å². The fraction of sp³-hybridized carbons (Fsp3) is 0.462. The SMILES string of the molecule is C=CCO[C@H]1[C@H](NC(=O)COC)c2ccccc2C12CCN(C(=O)c1ccc(COC)s1)CC2. The van der Waals surface area contributed by atoms with Crippen molar-refractivity contribution in [1.29, 1.82) is 0 Å². The average molecular weight is 485 g/mol. The van der Waals surface area contributed by atoms with Gasteiger partial charge < -0.3 is 24.4 Å². The Morgan fingerprint density at radius 3 is 2.65 bits per heavy atom. The third-order valence-electron chi connectivity index (χ3n) is 6.77. The van der Waals surface area contributed by atoms with Crippen LogP contribution < -0.4 is 5.32 Å². The van der Waals surface area contributed by atoms with Crippen LogP contribution in [0.1, 0.15) is 44.6 Å². The third-order valence-corrected chi connectivity index (χ3v) is 7.81. The number of nitrogens with zero attached hydrogens (tertiary/aromatic N) is 1. The molecule has 2 amide bonds. The number of piperidine rings is 1. The highest BCUT2D eigenvalue weighted by atomic mass is 32.1. The lowest BCUT2D eigenvalue weighted by Gasteiger charge is -2.44. The third kappa shape index (κ3) is 4.68. The zero-order valence-electron chi connectivity index (χ0n) is 19.7. The van der Waals surface area contributed by atoms with E-state index in [4.69, 9.17) is 14.2 Å². The van der Waals surface area contributed by atoms with E-state index in [9.17, 15) is 9.59 Å². The monoisotopic (exact) mass is 484 g/mol. The van der Waals surface area contributed by atoms with Gasteiger partial charge >= 0.3 is 0 Å². The van der Waals surface area contributed by atoms with Gasteiger partial charge in [0.25, 0.3) is 5.91 Å². The van der Waals surface area contributed by atoms with Gasteiger partial charge in [0.05, 0.1) is 30.2 Å². The van der Waals surface area contributed by atoms with E-state index >= 15 is 0 Å². The first-order valence-corrected chi connectivity index (χ1v) is 12.3. The van der Waals surface area contributed by atoms with Crippen LogP contribution in [-0.2, 0) is 31.0 Å². The van der Waals surface area contributed by atoms with E-state index in [-0.39, 0.29) is 36.0 Å². The smallest absolute Gasteiger partial charge is 0.263 e. The Labute approximate surface area is 204 Å². The molecule has 1 aliphatic heterocycles. The maximum atomic E-state index is 13.2. The molecule has 1 N–H and O–H groups in total. The van der Waals surface area contributed by atoms with Gasteiger partial charge in [0.15, 0.2) is 0 Å². The van der Waals surface area contributed by atoms with Gasteiger partial charge in [-0.3, -0.25) is 9.59 Å². The predicted molar refractivity (Wildman–Crippen MR) is 131 cm³/mol. The Bertz CT molecular complexity index is 1030. The van der Waals surface area contributed by atoms with Gasteiger partial charge in [-0.1, -0.05) is 30.3 Å². The number of nitrogens with one attached hydrogen (secondary N) is 1. The Balaban J connectivity index is 1.58. The molecule has 0 unspecified atom stereocenters. The second-order valence-electron chi connectivity index (χ2n) is 8.76. The molecule has 1 aromatic carbocycles. The van der Waals surface area contributed by atoms with Gasteiger partial charge in [-0.15, -0.1) is 17.9 Å². The summed E-state index contributed by atoms with van der Waals surface area (Å²) >= 11 is 1.48. The molecule has 7 nitrogen and oxygen atoms in total. The number of fused-ring (bicyclic) bond motifs is 2. The van der Waals surface area contributed by atoms with Gasteiger partial charge in [0.2, 0.25) is 5.91 Å². The van der Waals surface area contributed by atoms with Crippen molar-refractivity contribution < 1.29 is 23.8 Å². The van der Waals surface area contributed by atoms with E-state index in [2.05, 4.69) is 24.0 Å². The highest BCUT2D eigenvalue weighted by molar-refractivity contribution is 7.14. The zero-order chi connectivity index (χ0) is 24.1. The largest absolute Gasteiger partial charge is 0.379 e. The normalized spacial score (nSPS) is 20.8. The van der Waals surface area contributed by atoms with Gasteiger partial charge in [-0.2, -0.15) is 0 Å². The predicted octanol–water partition coefficient (Wildman–Crippen LogP) is 3.46. The first kappa shape index (κ1) is 24.6. The molecule has 1 saturated heterocycles. The van der Waals surface area contributed by atoms with Crippen molar-refractivity contribution in [1.82, 2.24) is 10.2 Å². The van der Waals surface area contributed by atoms with Crippen LogP contribution in [0.3, 0.4) is 0 Å². The van der Waals surface area contributed by atoms with Crippen molar-refractivity contribution in [2.45, 2.75) is 37.0 Å². The number of rotatable bonds is 9. The second-order valence-corrected chi connectivity index (χ2v) is 9.92. The number of carbonyl (C=O) groups excluding carboxylic acids is 2. The molecule has 2 aromatic rings. The van der Waals surface area contributed by atoms with E-state index in [1.165, 1.54) is 24.0 Å². The van der Waals surface area contributed by atoms with Crippen LogP contribution in [0.15, 0.2) is 49.1 Å². The summed E-state index contributed by atoms with van der Waals surface area (Å²) in [5.41, 5.74) is 1.97. The Hall–Kier alpha value is -2.52. The number of methoxy groups -OCH3 is 2. The minimum absolute atomic E-state index is 0.00595. The fourth-order valence-corrected chi connectivity index (χ4v) is 6.26. The minimum atomic E-state index is -0.294. The molecular formula is C26H32N2O5S. The fourth-order valence-electron chi connectivity index (χ4n) is 5.32. The van der Waals surface area contributed by atoms with Crippen molar-refractivity contribution in [2.75, 3.05) is 40.5 Å². The molecule has 0 bridgehead atoms. The number of hydrogen-bond acceptors (Lipinski definition) is 6. The number of hydrogen-bond donors (Lipinski definition) is 1. The van der Waals surface area contributed by atoms with Gasteiger partial charge in [-0.05, 0) is 36.1 Å². The highest BCUT2D eigenvalue weighted by Crippen LogP contribution is 2.52. The summed E-state index contributed by atoms with van der Waals surface area (Å²) in [6.07, 6.45) is 2.99. The van der Waals surface area contributed by atoms with Gasteiger partial charge in [-0.25, -0.2) is 0 Å². The van der Waals surface area contributed by atoms with E-state index in [0.717, 1.165) is 28.2 Å². The first-order chi connectivity index (χ1) is 16.5. The number of thiophene rings is 1. The minimum Gasteiger partial charge on any atom is -0.379 e. The molecule has 8 heteroatoms. The quantitative estimate of drug-likeness (QED) is 0.552. The molecule has 2 heterocycles. The van der Waals surface area contributed by atoms with Crippen molar-refractivity contribution in [3.8, 4) is 0 Å². The number of amides is 2. The summed E-state index contributed by atoms with van der Waals surface area (Å²) in [5, 5.41) is 3.13. The Morgan fingerprint density at radius 1 is 1.18 bits per heavy atom. The van der Waals surface area contributed by atoms with Crippen LogP contribution in [0.2, 0.25) is 0 Å². The molecule has 1 fully saturated rings. The van der Waals surface area contributed by atoms with Crippen molar-refractivity contribution in [3.05, 3.63) is 69.9 Å². The van der Waals surface area contributed by atoms with Crippen LogP contribution in [0.4, 0.5) is 0 Å². The number of benzene rings is 1. The molecule has 1 spiro atoms. The molecule has 1 aliphatic carbocycles. The zero-order valence-corrected chi connectivity index (χ0v) is 20.6.